The summed E-state index contributed by atoms with van der Waals surface area (Å²) < 4.78 is 58.7. The van der Waals surface area contributed by atoms with Gasteiger partial charge in [0.05, 0.1) is 24.8 Å². The van der Waals surface area contributed by atoms with Crippen molar-refractivity contribution in [1.82, 2.24) is 4.57 Å². The van der Waals surface area contributed by atoms with Crippen LogP contribution >= 0.6 is 11.6 Å². The summed E-state index contributed by atoms with van der Waals surface area (Å²) in [6.45, 7) is 1.40. The smallest absolute Gasteiger partial charge is 0.395 e. The van der Waals surface area contributed by atoms with Crippen molar-refractivity contribution >= 4 is 17.6 Å². The molecule has 6 nitrogen and oxygen atoms in total. The van der Waals surface area contributed by atoms with Gasteiger partial charge < -0.3 is 14.2 Å². The third kappa shape index (κ3) is 5.83. The largest absolute Gasteiger partial charge is 0.491 e. The van der Waals surface area contributed by atoms with E-state index in [1.165, 1.54) is 30.5 Å². The molecule has 1 unspecified atom stereocenters. The number of halogens is 4. The standard InChI is InChI=1S/C25H27ClF3NO5/c1-2-33-24(32)21(8-9-34-18-4-3-5-18)30-13-22-20(12-23(30)31)19-11-17(26)7-6-15(19)10-16(14-35-22)25(27,28)29/h6-7,11-13,16,18,21H,2-5,8-10,14H2,1H3/t16-,21?/m1/s1. The summed E-state index contributed by atoms with van der Waals surface area (Å²) in [6, 6.07) is 4.86. The lowest BCUT2D eigenvalue weighted by Gasteiger charge is -2.28. The predicted molar refractivity (Wildman–Crippen MR) is 124 cm³/mol. The fourth-order valence-electron chi connectivity index (χ4n) is 4.29. The highest BCUT2D eigenvalue weighted by atomic mass is 35.5. The zero-order valence-electron chi connectivity index (χ0n) is 19.3. The van der Waals surface area contributed by atoms with Crippen molar-refractivity contribution in [3.05, 3.63) is 51.4 Å². The maximum atomic E-state index is 13.7. The van der Waals surface area contributed by atoms with Gasteiger partial charge in [-0.15, -0.1) is 0 Å². The summed E-state index contributed by atoms with van der Waals surface area (Å²) in [7, 11) is 0. The van der Waals surface area contributed by atoms with E-state index in [4.69, 9.17) is 25.8 Å². The number of rotatable bonds is 7. The molecule has 1 fully saturated rings. The Labute approximate surface area is 205 Å². The van der Waals surface area contributed by atoms with E-state index in [0.29, 0.717) is 21.7 Å². The van der Waals surface area contributed by atoms with Gasteiger partial charge in [0.2, 0.25) is 0 Å². The summed E-state index contributed by atoms with van der Waals surface area (Å²) in [4.78, 5) is 25.9. The van der Waals surface area contributed by atoms with Gasteiger partial charge >= 0.3 is 12.1 Å². The van der Waals surface area contributed by atoms with Crippen molar-refractivity contribution in [1.29, 1.82) is 0 Å². The molecule has 35 heavy (non-hydrogen) atoms. The van der Waals surface area contributed by atoms with E-state index in [2.05, 4.69) is 0 Å². The van der Waals surface area contributed by atoms with Gasteiger partial charge in [0, 0.05) is 29.7 Å². The van der Waals surface area contributed by atoms with Crippen LogP contribution in [0.1, 0.15) is 44.2 Å². The van der Waals surface area contributed by atoms with E-state index in [9.17, 15) is 22.8 Å². The number of aromatic nitrogens is 1. The van der Waals surface area contributed by atoms with E-state index < -0.39 is 36.3 Å². The quantitative estimate of drug-likeness (QED) is 0.467. The van der Waals surface area contributed by atoms with Crippen LogP contribution in [0, 0.1) is 5.92 Å². The molecule has 2 aromatic rings. The molecule has 0 bridgehead atoms. The zero-order valence-corrected chi connectivity index (χ0v) is 20.0. The number of carbonyl (C=O) groups is 1. The number of ether oxygens (including phenoxy) is 3. The van der Waals surface area contributed by atoms with Gasteiger partial charge in [0.1, 0.15) is 18.4 Å². The van der Waals surface area contributed by atoms with Crippen LogP contribution in [0.4, 0.5) is 13.2 Å². The third-order valence-electron chi connectivity index (χ3n) is 6.47. The number of hydrogen-bond donors (Lipinski definition) is 0. The maximum absolute atomic E-state index is 13.7. The summed E-state index contributed by atoms with van der Waals surface area (Å²) in [5.41, 5.74) is 0.631. The van der Waals surface area contributed by atoms with E-state index in [1.54, 1.807) is 6.92 Å². The topological polar surface area (TPSA) is 66.8 Å². The summed E-state index contributed by atoms with van der Waals surface area (Å²) in [6.07, 6.45) is -0.143. The number of esters is 1. The number of alkyl halides is 3. The van der Waals surface area contributed by atoms with Crippen LogP contribution in [0.3, 0.4) is 0 Å². The van der Waals surface area contributed by atoms with Crippen molar-refractivity contribution in [3.63, 3.8) is 0 Å². The van der Waals surface area contributed by atoms with Crippen LogP contribution < -0.4 is 10.3 Å². The van der Waals surface area contributed by atoms with Gasteiger partial charge in [-0.2, -0.15) is 13.2 Å². The average Bonchev–Trinajstić information content (AvgIpc) is 2.75. The number of hydrogen-bond acceptors (Lipinski definition) is 5. The van der Waals surface area contributed by atoms with Gasteiger partial charge in [-0.3, -0.25) is 9.36 Å². The van der Waals surface area contributed by atoms with E-state index in [0.717, 1.165) is 23.8 Å². The van der Waals surface area contributed by atoms with Crippen LogP contribution in [0.25, 0.3) is 11.1 Å². The highest BCUT2D eigenvalue weighted by molar-refractivity contribution is 6.30. The number of carbonyl (C=O) groups excluding carboxylic acids is 1. The Hall–Kier alpha value is -2.52. The van der Waals surface area contributed by atoms with Crippen LogP contribution in [0.2, 0.25) is 5.02 Å². The summed E-state index contributed by atoms with van der Waals surface area (Å²) in [5, 5.41) is 0.320. The van der Waals surface area contributed by atoms with Crippen molar-refractivity contribution in [2.75, 3.05) is 19.8 Å². The molecular formula is C25H27ClF3NO5. The highest BCUT2D eigenvalue weighted by Crippen LogP contribution is 2.40. The van der Waals surface area contributed by atoms with Crippen LogP contribution in [0.15, 0.2) is 35.3 Å². The van der Waals surface area contributed by atoms with Gasteiger partial charge in [-0.1, -0.05) is 17.7 Å². The van der Waals surface area contributed by atoms with Crippen molar-refractivity contribution in [3.8, 4) is 16.9 Å². The SMILES string of the molecule is CCOC(=O)C(CCOC1CCC1)n1cc2c(cc1=O)-c1cc(Cl)ccc1C[C@@H](C(F)(F)F)CO2. The first-order valence-electron chi connectivity index (χ1n) is 11.7. The Morgan fingerprint density at radius 3 is 2.69 bits per heavy atom. The van der Waals surface area contributed by atoms with Crippen LogP contribution in [0.5, 0.6) is 5.75 Å². The van der Waals surface area contributed by atoms with Crippen LogP contribution in [-0.2, 0) is 20.7 Å². The van der Waals surface area contributed by atoms with Crippen LogP contribution in [-0.4, -0.2) is 42.6 Å². The monoisotopic (exact) mass is 513 g/mol. The van der Waals surface area contributed by atoms with Gasteiger partial charge in [0.15, 0.2) is 0 Å². The Bertz CT molecular complexity index is 1130. The lowest BCUT2D eigenvalue weighted by molar-refractivity contribution is -0.181. The minimum Gasteiger partial charge on any atom is -0.491 e. The molecule has 1 aliphatic heterocycles. The molecule has 0 radical (unpaired) electrons. The lowest BCUT2D eigenvalue weighted by atomic mass is 9.91. The summed E-state index contributed by atoms with van der Waals surface area (Å²) in [5.74, 6) is -2.29. The van der Waals surface area contributed by atoms with Crippen molar-refractivity contribution in [2.45, 2.75) is 57.3 Å². The normalized spacial score (nSPS) is 18.8. The molecule has 1 aromatic heterocycles. The second kappa shape index (κ2) is 10.6. The first kappa shape index (κ1) is 25.6. The minimum absolute atomic E-state index is 0.0660. The van der Waals surface area contributed by atoms with E-state index in [1.807, 2.05) is 0 Å². The first-order chi connectivity index (χ1) is 16.7. The second-order valence-corrected chi connectivity index (χ2v) is 9.27. The van der Waals surface area contributed by atoms with Gasteiger partial charge in [-0.25, -0.2) is 4.79 Å². The molecule has 2 aliphatic rings. The van der Waals surface area contributed by atoms with Crippen molar-refractivity contribution < 1.29 is 32.2 Å². The molecule has 10 heteroatoms. The Kier molecular flexibility index (Phi) is 7.76. The number of nitrogens with zero attached hydrogens (tertiary/aromatic N) is 1. The zero-order chi connectivity index (χ0) is 25.2. The molecule has 1 aliphatic carbocycles. The average molecular weight is 514 g/mol. The molecule has 1 aromatic carbocycles. The maximum Gasteiger partial charge on any atom is 0.395 e. The molecule has 4 rings (SSSR count). The molecule has 0 saturated heterocycles. The number of pyridine rings is 1. The number of fused-ring (bicyclic) bond motifs is 3. The van der Waals surface area contributed by atoms with Crippen molar-refractivity contribution in [2.24, 2.45) is 5.92 Å². The molecule has 2 heterocycles. The van der Waals surface area contributed by atoms with Gasteiger partial charge in [-0.05, 0) is 55.9 Å². The van der Waals surface area contributed by atoms with Gasteiger partial charge in [0.25, 0.3) is 5.56 Å². The molecular weight excluding hydrogens is 487 g/mol. The molecule has 2 atom stereocenters. The Morgan fingerprint density at radius 2 is 2.03 bits per heavy atom. The second-order valence-electron chi connectivity index (χ2n) is 8.83. The highest BCUT2D eigenvalue weighted by Gasteiger charge is 2.41. The molecule has 190 valence electrons. The summed E-state index contributed by atoms with van der Waals surface area (Å²) >= 11 is 6.14. The minimum atomic E-state index is -4.48. The Balaban J connectivity index is 1.73. The fraction of sp³-hybridized carbons (Fsp3) is 0.520. The molecule has 0 N–H and O–H groups in total. The number of benzene rings is 1. The first-order valence-corrected chi connectivity index (χ1v) is 12.1. The molecule has 0 spiro atoms. The van der Waals surface area contributed by atoms with E-state index >= 15 is 0 Å². The van der Waals surface area contributed by atoms with E-state index in [-0.39, 0.29) is 37.9 Å². The lowest BCUT2D eigenvalue weighted by Crippen LogP contribution is -2.34. The molecule has 1 saturated carbocycles. The third-order valence-corrected chi connectivity index (χ3v) is 6.70. The Morgan fingerprint density at radius 1 is 1.26 bits per heavy atom. The molecule has 0 amide bonds. The predicted octanol–water partition coefficient (Wildman–Crippen LogP) is 5.35. The fourth-order valence-corrected chi connectivity index (χ4v) is 4.46.